The van der Waals surface area contributed by atoms with Crippen LogP contribution in [0.4, 0.5) is 11.5 Å². The van der Waals surface area contributed by atoms with Crippen molar-refractivity contribution < 1.29 is 14.4 Å². The lowest BCUT2D eigenvalue weighted by Gasteiger charge is -2.15. The van der Waals surface area contributed by atoms with Crippen LogP contribution in [0.15, 0.2) is 59.8 Å². The number of ether oxygens (including phenoxy) is 2. The van der Waals surface area contributed by atoms with Crippen LogP contribution in [-0.2, 0) is 6.61 Å². The number of nitrogens with one attached hydrogen (secondary N) is 1. The largest absolute Gasteiger partial charge is 0.490 e. The van der Waals surface area contributed by atoms with E-state index in [1.165, 1.54) is 18.3 Å². The molecule has 0 radical (unpaired) electrons. The van der Waals surface area contributed by atoms with Gasteiger partial charge in [-0.05, 0) is 59.3 Å². The molecule has 160 valence electrons. The molecule has 0 saturated carbocycles. The van der Waals surface area contributed by atoms with Crippen molar-refractivity contribution in [3.05, 3.63) is 84.6 Å². The Kier molecular flexibility index (Phi) is 8.01. The number of hydrazone groups is 1. The van der Waals surface area contributed by atoms with Crippen LogP contribution < -0.4 is 14.9 Å². The molecule has 0 aliphatic heterocycles. The Morgan fingerprint density at radius 1 is 1.26 bits per heavy atom. The van der Waals surface area contributed by atoms with E-state index in [1.807, 2.05) is 43.3 Å². The van der Waals surface area contributed by atoms with Gasteiger partial charge in [0.15, 0.2) is 11.5 Å². The molecule has 0 amide bonds. The Labute approximate surface area is 197 Å². The molecule has 0 bridgehead atoms. The van der Waals surface area contributed by atoms with Crippen LogP contribution in [0.25, 0.3) is 0 Å². The zero-order valence-electron chi connectivity index (χ0n) is 16.4. The van der Waals surface area contributed by atoms with Gasteiger partial charge in [-0.15, -0.1) is 0 Å². The number of nitro groups is 1. The van der Waals surface area contributed by atoms with Gasteiger partial charge in [0.2, 0.25) is 0 Å². The van der Waals surface area contributed by atoms with Crippen LogP contribution in [0.3, 0.4) is 0 Å². The van der Waals surface area contributed by atoms with E-state index >= 15 is 0 Å². The van der Waals surface area contributed by atoms with Crippen LogP contribution >= 0.6 is 34.2 Å². The lowest BCUT2D eigenvalue weighted by molar-refractivity contribution is -0.385. The van der Waals surface area contributed by atoms with Gasteiger partial charge in [0, 0.05) is 16.7 Å². The number of hydrogen-bond donors (Lipinski definition) is 1. The molecule has 0 unspecified atom stereocenters. The zero-order chi connectivity index (χ0) is 22.2. The number of aromatic nitrogens is 1. The fraction of sp³-hybridized carbons (Fsp3) is 0.143. The van der Waals surface area contributed by atoms with Gasteiger partial charge in [-0.3, -0.25) is 15.5 Å². The highest BCUT2D eigenvalue weighted by Crippen LogP contribution is 2.35. The maximum Gasteiger partial charge on any atom is 0.287 e. The van der Waals surface area contributed by atoms with Crippen molar-refractivity contribution in [3.63, 3.8) is 0 Å². The fourth-order valence-electron chi connectivity index (χ4n) is 2.56. The van der Waals surface area contributed by atoms with Gasteiger partial charge in [0.05, 0.1) is 21.3 Å². The van der Waals surface area contributed by atoms with Crippen LogP contribution in [0.5, 0.6) is 11.5 Å². The molecule has 3 rings (SSSR count). The zero-order valence-corrected chi connectivity index (χ0v) is 19.3. The molecule has 0 saturated heterocycles. The third-order valence-electron chi connectivity index (χ3n) is 4.01. The number of rotatable bonds is 9. The quantitative estimate of drug-likeness (QED) is 0.159. The number of benzene rings is 2. The maximum atomic E-state index is 10.7. The maximum absolute atomic E-state index is 10.7. The van der Waals surface area contributed by atoms with Gasteiger partial charge >= 0.3 is 0 Å². The smallest absolute Gasteiger partial charge is 0.287 e. The topological polar surface area (TPSA) is 98.9 Å². The molecule has 1 N–H and O–H groups in total. The van der Waals surface area contributed by atoms with Crippen molar-refractivity contribution >= 4 is 51.9 Å². The van der Waals surface area contributed by atoms with E-state index in [0.29, 0.717) is 35.6 Å². The van der Waals surface area contributed by atoms with E-state index in [2.05, 4.69) is 38.1 Å². The molecule has 8 nitrogen and oxygen atoms in total. The standard InChI is InChI=1S/C21H18ClIN4O4/c1-2-30-19-10-14(11-25-26-20-8-7-16(12-24-20)27(28)29)9-18(23)21(19)31-13-15-5-3-4-6-17(15)22/h3-12H,2,13H2,1H3,(H,24,26)/b25-11-. The first-order valence-corrected chi connectivity index (χ1v) is 10.7. The van der Waals surface area contributed by atoms with Gasteiger partial charge < -0.3 is 9.47 Å². The number of hydrogen-bond acceptors (Lipinski definition) is 7. The molecule has 0 fully saturated rings. The molecule has 0 atom stereocenters. The van der Waals surface area contributed by atoms with Gasteiger partial charge in [-0.1, -0.05) is 29.8 Å². The Bertz CT molecular complexity index is 1090. The highest BCUT2D eigenvalue weighted by atomic mass is 127. The summed E-state index contributed by atoms with van der Waals surface area (Å²) in [6.45, 7) is 2.69. The number of nitrogens with zero attached hydrogens (tertiary/aromatic N) is 3. The molecule has 0 aliphatic rings. The van der Waals surface area contributed by atoms with Crippen LogP contribution in [-0.4, -0.2) is 22.7 Å². The lowest BCUT2D eigenvalue weighted by Crippen LogP contribution is -2.03. The van der Waals surface area contributed by atoms with Crippen LogP contribution in [0.2, 0.25) is 5.02 Å². The summed E-state index contributed by atoms with van der Waals surface area (Å²) in [5, 5.41) is 15.5. The average molecular weight is 553 g/mol. The van der Waals surface area contributed by atoms with Crippen molar-refractivity contribution in [2.45, 2.75) is 13.5 Å². The molecule has 3 aromatic rings. The second-order valence-electron chi connectivity index (χ2n) is 6.17. The monoisotopic (exact) mass is 552 g/mol. The Morgan fingerprint density at radius 2 is 2.06 bits per heavy atom. The number of anilines is 1. The van der Waals surface area contributed by atoms with Crippen molar-refractivity contribution in [2.75, 3.05) is 12.0 Å². The first-order valence-electron chi connectivity index (χ1n) is 9.20. The van der Waals surface area contributed by atoms with Crippen molar-refractivity contribution in [3.8, 4) is 11.5 Å². The summed E-state index contributed by atoms with van der Waals surface area (Å²) >= 11 is 8.39. The van der Waals surface area contributed by atoms with E-state index < -0.39 is 4.92 Å². The Morgan fingerprint density at radius 3 is 2.74 bits per heavy atom. The summed E-state index contributed by atoms with van der Waals surface area (Å²) in [6.07, 6.45) is 2.77. The molecule has 31 heavy (non-hydrogen) atoms. The minimum Gasteiger partial charge on any atom is -0.490 e. The summed E-state index contributed by atoms with van der Waals surface area (Å²) in [5.41, 5.74) is 4.33. The van der Waals surface area contributed by atoms with Crippen molar-refractivity contribution in [2.24, 2.45) is 5.10 Å². The fourth-order valence-corrected chi connectivity index (χ4v) is 3.54. The Hall–Kier alpha value is -2.92. The Balaban J connectivity index is 1.73. The summed E-state index contributed by atoms with van der Waals surface area (Å²) in [5.74, 6) is 1.61. The highest BCUT2D eigenvalue weighted by Gasteiger charge is 2.13. The molecule has 2 aromatic carbocycles. The third kappa shape index (κ3) is 6.28. The second-order valence-corrected chi connectivity index (χ2v) is 7.74. The summed E-state index contributed by atoms with van der Waals surface area (Å²) in [4.78, 5) is 14.1. The van der Waals surface area contributed by atoms with E-state index in [0.717, 1.165) is 14.7 Å². The number of pyridine rings is 1. The van der Waals surface area contributed by atoms with Crippen molar-refractivity contribution in [1.82, 2.24) is 4.98 Å². The van der Waals surface area contributed by atoms with Crippen LogP contribution in [0, 0.1) is 13.7 Å². The van der Waals surface area contributed by atoms with E-state index in [-0.39, 0.29) is 5.69 Å². The predicted molar refractivity (Wildman–Crippen MR) is 128 cm³/mol. The van der Waals surface area contributed by atoms with Gasteiger partial charge in [0.1, 0.15) is 18.6 Å². The van der Waals surface area contributed by atoms with Crippen molar-refractivity contribution in [1.29, 1.82) is 0 Å². The SMILES string of the molecule is CCOc1cc(/C=N\Nc2ccc([N+](=O)[O-])cn2)cc(I)c1OCc1ccccc1Cl. The normalized spacial score (nSPS) is 10.8. The first kappa shape index (κ1) is 22.8. The lowest BCUT2D eigenvalue weighted by atomic mass is 10.2. The summed E-state index contributed by atoms with van der Waals surface area (Å²) < 4.78 is 12.6. The molecule has 1 heterocycles. The van der Waals surface area contributed by atoms with E-state index in [9.17, 15) is 10.1 Å². The highest BCUT2D eigenvalue weighted by molar-refractivity contribution is 14.1. The van der Waals surface area contributed by atoms with Gasteiger partial charge in [-0.25, -0.2) is 4.98 Å². The average Bonchev–Trinajstić information content (AvgIpc) is 2.75. The van der Waals surface area contributed by atoms with Gasteiger partial charge in [-0.2, -0.15) is 5.10 Å². The molecule has 1 aromatic heterocycles. The van der Waals surface area contributed by atoms with E-state index in [1.54, 1.807) is 6.21 Å². The first-order chi connectivity index (χ1) is 15.0. The second kappa shape index (κ2) is 10.9. The molecule has 0 spiro atoms. The minimum absolute atomic E-state index is 0.0854. The predicted octanol–water partition coefficient (Wildman–Crippen LogP) is 5.67. The molecular formula is C21H18ClIN4O4. The molecule has 0 aliphatic carbocycles. The molecule has 10 heteroatoms. The minimum atomic E-state index is -0.507. The molecular weight excluding hydrogens is 535 g/mol. The van der Waals surface area contributed by atoms with E-state index in [4.69, 9.17) is 21.1 Å². The van der Waals surface area contributed by atoms with Gasteiger partial charge in [0.25, 0.3) is 5.69 Å². The third-order valence-corrected chi connectivity index (χ3v) is 5.18. The number of halogens is 2. The van der Waals surface area contributed by atoms with Crippen LogP contribution in [0.1, 0.15) is 18.1 Å². The summed E-state index contributed by atoms with van der Waals surface area (Å²) in [7, 11) is 0. The summed E-state index contributed by atoms with van der Waals surface area (Å²) in [6, 6.07) is 14.1.